The van der Waals surface area contributed by atoms with Gasteiger partial charge >= 0.3 is 6.09 Å². The Morgan fingerprint density at radius 2 is 1.60 bits per heavy atom. The second-order valence-electron chi connectivity index (χ2n) is 8.92. The lowest BCUT2D eigenvalue weighted by Gasteiger charge is -2.25. The number of amides is 2. The topological polar surface area (TPSA) is 49.9 Å². The number of rotatable bonds is 6. The molecule has 30 heavy (non-hydrogen) atoms. The van der Waals surface area contributed by atoms with Crippen LogP contribution in [0.4, 0.5) is 4.79 Å². The van der Waals surface area contributed by atoms with Gasteiger partial charge in [-0.15, -0.1) is 0 Å². The SMILES string of the molecule is O=C1OC[C@H](Cc2ccccc2)N1C(=O)[C@@H]1CN(Cc2ccccc2)C[C@H]1C1CC1. The summed E-state index contributed by atoms with van der Waals surface area (Å²) < 4.78 is 5.32. The van der Waals surface area contributed by atoms with E-state index in [4.69, 9.17) is 4.74 Å². The largest absolute Gasteiger partial charge is 0.447 e. The minimum atomic E-state index is -0.475. The number of imide groups is 1. The van der Waals surface area contributed by atoms with E-state index in [0.29, 0.717) is 18.3 Å². The number of ether oxygens (including phenoxy) is 1. The Bertz CT molecular complexity index is 897. The summed E-state index contributed by atoms with van der Waals surface area (Å²) in [6.45, 7) is 2.79. The van der Waals surface area contributed by atoms with Crippen LogP contribution in [-0.2, 0) is 22.5 Å². The highest BCUT2D eigenvalue weighted by Gasteiger charge is 2.50. The van der Waals surface area contributed by atoms with Crippen LogP contribution in [0.3, 0.4) is 0 Å². The minimum Gasteiger partial charge on any atom is -0.447 e. The predicted molar refractivity (Wildman–Crippen MR) is 114 cm³/mol. The highest BCUT2D eigenvalue weighted by atomic mass is 16.6. The molecule has 0 spiro atoms. The third-order valence-corrected chi connectivity index (χ3v) is 6.75. The van der Waals surface area contributed by atoms with Crippen LogP contribution in [0.1, 0.15) is 24.0 Å². The van der Waals surface area contributed by atoms with E-state index in [2.05, 4.69) is 29.2 Å². The first-order chi connectivity index (χ1) is 14.7. The van der Waals surface area contributed by atoms with Gasteiger partial charge in [-0.3, -0.25) is 9.69 Å². The Morgan fingerprint density at radius 1 is 0.933 bits per heavy atom. The standard InChI is InChI=1S/C25H28N2O3/c28-24(27-21(17-30-25(27)29)13-18-7-3-1-4-8-18)23-16-26(15-22(23)20-11-12-20)14-19-9-5-2-6-10-19/h1-10,20-23H,11-17H2/t21-,22-,23+/m0/s1. The van der Waals surface area contributed by atoms with Crippen LogP contribution in [0.25, 0.3) is 0 Å². The quantitative estimate of drug-likeness (QED) is 0.736. The Hall–Kier alpha value is -2.66. The smallest absolute Gasteiger partial charge is 0.416 e. The maximum atomic E-state index is 13.6. The summed E-state index contributed by atoms with van der Waals surface area (Å²) >= 11 is 0. The molecule has 156 valence electrons. The van der Waals surface area contributed by atoms with Crippen molar-refractivity contribution in [1.29, 1.82) is 0 Å². The summed E-state index contributed by atoms with van der Waals surface area (Å²) in [6, 6.07) is 20.2. The minimum absolute atomic E-state index is 0.0362. The molecule has 1 saturated carbocycles. The Labute approximate surface area is 177 Å². The van der Waals surface area contributed by atoms with Gasteiger partial charge in [0.1, 0.15) is 6.61 Å². The molecule has 3 atom stereocenters. The highest BCUT2D eigenvalue weighted by molar-refractivity contribution is 5.95. The third-order valence-electron chi connectivity index (χ3n) is 6.75. The van der Waals surface area contributed by atoms with E-state index in [1.54, 1.807) is 0 Å². The first kappa shape index (κ1) is 19.3. The molecule has 0 aromatic heterocycles. The molecule has 0 unspecified atom stereocenters. The molecule has 5 heteroatoms. The summed E-state index contributed by atoms with van der Waals surface area (Å²) in [6.07, 6.45) is 2.57. The van der Waals surface area contributed by atoms with Gasteiger partial charge < -0.3 is 4.74 Å². The Kier molecular flexibility index (Phi) is 5.30. The monoisotopic (exact) mass is 404 g/mol. The lowest BCUT2D eigenvalue weighted by atomic mass is 9.90. The molecule has 3 aliphatic rings. The van der Waals surface area contributed by atoms with Crippen molar-refractivity contribution in [2.45, 2.75) is 31.8 Å². The molecule has 5 nitrogen and oxygen atoms in total. The molecule has 5 rings (SSSR count). The average Bonchev–Trinajstić information content (AvgIpc) is 3.43. The van der Waals surface area contributed by atoms with E-state index in [0.717, 1.165) is 25.2 Å². The molecule has 2 aromatic rings. The van der Waals surface area contributed by atoms with Crippen LogP contribution in [0.5, 0.6) is 0 Å². The van der Waals surface area contributed by atoms with Gasteiger partial charge in [-0.2, -0.15) is 0 Å². The van der Waals surface area contributed by atoms with Gasteiger partial charge in [0.05, 0.1) is 12.0 Å². The molecule has 2 aliphatic heterocycles. The molecule has 0 N–H and O–H groups in total. The molecule has 2 heterocycles. The number of hydrogen-bond acceptors (Lipinski definition) is 4. The molecule has 1 aliphatic carbocycles. The van der Waals surface area contributed by atoms with Crippen LogP contribution in [-0.4, -0.2) is 47.5 Å². The van der Waals surface area contributed by atoms with Crippen molar-refractivity contribution >= 4 is 12.0 Å². The second-order valence-corrected chi connectivity index (χ2v) is 8.92. The fraction of sp³-hybridized carbons (Fsp3) is 0.440. The van der Waals surface area contributed by atoms with E-state index in [-0.39, 0.29) is 24.5 Å². The number of carbonyl (C=O) groups excluding carboxylic acids is 2. The van der Waals surface area contributed by atoms with Gasteiger partial charge in [-0.1, -0.05) is 60.7 Å². The van der Waals surface area contributed by atoms with Gasteiger partial charge in [-0.25, -0.2) is 9.69 Å². The summed E-state index contributed by atoms with van der Waals surface area (Å²) in [5.41, 5.74) is 2.39. The van der Waals surface area contributed by atoms with Crippen molar-refractivity contribution in [3.8, 4) is 0 Å². The third kappa shape index (κ3) is 3.99. The number of carbonyl (C=O) groups is 2. The molecule has 3 fully saturated rings. The van der Waals surface area contributed by atoms with Crippen molar-refractivity contribution in [3.05, 3.63) is 71.8 Å². The zero-order chi connectivity index (χ0) is 20.5. The van der Waals surface area contributed by atoms with Gasteiger partial charge in [0.2, 0.25) is 5.91 Å². The summed E-state index contributed by atoms with van der Waals surface area (Å²) in [5.74, 6) is 0.800. The molecule has 2 aromatic carbocycles. The molecule has 0 bridgehead atoms. The first-order valence-corrected chi connectivity index (χ1v) is 11.0. The molecular weight excluding hydrogens is 376 g/mol. The maximum Gasteiger partial charge on any atom is 0.416 e. The number of nitrogens with zero attached hydrogens (tertiary/aromatic N) is 2. The average molecular weight is 405 g/mol. The van der Waals surface area contributed by atoms with Crippen LogP contribution >= 0.6 is 0 Å². The van der Waals surface area contributed by atoms with Crippen molar-refractivity contribution in [2.24, 2.45) is 17.8 Å². The van der Waals surface area contributed by atoms with Crippen molar-refractivity contribution < 1.29 is 14.3 Å². The van der Waals surface area contributed by atoms with Gasteiger partial charge in [0, 0.05) is 19.6 Å². The fourth-order valence-electron chi connectivity index (χ4n) is 5.09. The van der Waals surface area contributed by atoms with E-state index in [1.807, 2.05) is 36.4 Å². The lowest BCUT2D eigenvalue weighted by Crippen LogP contribution is -2.45. The van der Waals surface area contributed by atoms with Crippen LogP contribution in [0.2, 0.25) is 0 Å². The van der Waals surface area contributed by atoms with Crippen molar-refractivity contribution in [3.63, 3.8) is 0 Å². The fourth-order valence-corrected chi connectivity index (χ4v) is 5.09. The summed E-state index contributed by atoms with van der Waals surface area (Å²) in [7, 11) is 0. The van der Waals surface area contributed by atoms with E-state index in [9.17, 15) is 9.59 Å². The second kappa shape index (κ2) is 8.23. The Morgan fingerprint density at radius 3 is 2.27 bits per heavy atom. The van der Waals surface area contributed by atoms with Crippen LogP contribution < -0.4 is 0 Å². The summed E-state index contributed by atoms with van der Waals surface area (Å²) in [4.78, 5) is 29.9. The normalized spacial score (nSPS) is 26.7. The number of benzene rings is 2. The number of likely N-dealkylation sites (tertiary alicyclic amines) is 1. The van der Waals surface area contributed by atoms with Gasteiger partial charge in [0.15, 0.2) is 0 Å². The zero-order valence-electron chi connectivity index (χ0n) is 17.2. The molecule has 2 saturated heterocycles. The van der Waals surface area contributed by atoms with E-state index in [1.165, 1.54) is 23.3 Å². The molecular formula is C25H28N2O3. The highest BCUT2D eigenvalue weighted by Crippen LogP contribution is 2.45. The maximum absolute atomic E-state index is 13.6. The summed E-state index contributed by atoms with van der Waals surface area (Å²) in [5, 5.41) is 0. The van der Waals surface area contributed by atoms with Crippen molar-refractivity contribution in [2.75, 3.05) is 19.7 Å². The van der Waals surface area contributed by atoms with Crippen molar-refractivity contribution in [1.82, 2.24) is 9.80 Å². The zero-order valence-corrected chi connectivity index (χ0v) is 17.2. The van der Waals surface area contributed by atoms with Crippen LogP contribution in [0, 0.1) is 17.8 Å². The van der Waals surface area contributed by atoms with Gasteiger partial charge in [0.25, 0.3) is 0 Å². The van der Waals surface area contributed by atoms with E-state index < -0.39 is 6.09 Å². The first-order valence-electron chi connectivity index (χ1n) is 11.0. The number of cyclic esters (lactones) is 1. The Balaban J connectivity index is 1.32. The van der Waals surface area contributed by atoms with E-state index >= 15 is 0 Å². The molecule has 2 amide bonds. The lowest BCUT2D eigenvalue weighted by molar-refractivity contribution is -0.134. The van der Waals surface area contributed by atoms with Gasteiger partial charge in [-0.05, 0) is 42.2 Å². The number of hydrogen-bond donors (Lipinski definition) is 0. The molecule has 0 radical (unpaired) electrons. The van der Waals surface area contributed by atoms with Crippen LogP contribution in [0.15, 0.2) is 60.7 Å². The predicted octanol–water partition coefficient (Wildman–Crippen LogP) is 3.73.